The molecule has 2 amide bonds. The molecule has 0 spiro atoms. The van der Waals surface area contributed by atoms with E-state index in [2.05, 4.69) is 15.6 Å². The van der Waals surface area contributed by atoms with Crippen LogP contribution in [0, 0.1) is 16.0 Å². The van der Waals surface area contributed by atoms with Crippen molar-refractivity contribution in [2.24, 2.45) is 16.6 Å². The van der Waals surface area contributed by atoms with Crippen molar-refractivity contribution < 1.29 is 19.4 Å². The van der Waals surface area contributed by atoms with Crippen LogP contribution < -0.4 is 26.5 Å². The van der Waals surface area contributed by atoms with Crippen LogP contribution in [0.1, 0.15) is 46.0 Å². The van der Waals surface area contributed by atoms with Gasteiger partial charge in [-0.25, -0.2) is 15.1 Å². The second kappa shape index (κ2) is 15.5. The first-order chi connectivity index (χ1) is 15.7. The van der Waals surface area contributed by atoms with Crippen molar-refractivity contribution in [3.05, 3.63) is 40.4 Å². The minimum absolute atomic E-state index is 0.148. The normalized spacial score (nSPS) is 13.1. The molecule has 0 saturated carbocycles. The van der Waals surface area contributed by atoms with E-state index >= 15 is 0 Å². The largest absolute Gasteiger partial charge is 0.494 e. The molecule has 0 aliphatic carbocycles. The maximum absolute atomic E-state index is 12.7. The number of guanidine groups is 1. The molecular formula is C21H33BN6O5. The summed E-state index contributed by atoms with van der Waals surface area (Å²) in [6.07, 6.45) is 1.90. The molecule has 2 radical (unpaired) electrons. The highest BCUT2D eigenvalue weighted by atomic mass is 16.7. The lowest BCUT2D eigenvalue weighted by atomic mass is 9.88. The van der Waals surface area contributed by atoms with Gasteiger partial charge in [-0.1, -0.05) is 37.5 Å². The van der Waals surface area contributed by atoms with E-state index in [1.807, 2.05) is 44.2 Å². The Labute approximate surface area is 195 Å². The molecule has 0 bridgehead atoms. The van der Waals surface area contributed by atoms with Crippen LogP contribution in [0.2, 0.25) is 0 Å². The highest BCUT2D eigenvalue weighted by Crippen LogP contribution is 2.09. The van der Waals surface area contributed by atoms with Crippen LogP contribution in [-0.4, -0.2) is 55.8 Å². The smallest absolute Gasteiger partial charge is 0.251 e. The Kier molecular flexibility index (Phi) is 13.0. The molecule has 1 aromatic carbocycles. The van der Waals surface area contributed by atoms with Crippen LogP contribution in [0.4, 0.5) is 0 Å². The molecule has 1 aromatic rings. The molecule has 0 saturated heterocycles. The number of para-hydroxylation sites is 1. The molecule has 180 valence electrons. The van der Waals surface area contributed by atoms with Crippen LogP contribution in [0.25, 0.3) is 0 Å². The first-order valence-electron chi connectivity index (χ1n) is 10.9. The van der Waals surface area contributed by atoms with E-state index in [0.29, 0.717) is 31.8 Å². The summed E-state index contributed by atoms with van der Waals surface area (Å²) >= 11 is 0. The van der Waals surface area contributed by atoms with E-state index in [9.17, 15) is 19.7 Å². The van der Waals surface area contributed by atoms with Crippen molar-refractivity contribution in [1.29, 1.82) is 0 Å². The van der Waals surface area contributed by atoms with E-state index in [0.717, 1.165) is 5.75 Å². The monoisotopic (exact) mass is 460 g/mol. The summed E-state index contributed by atoms with van der Waals surface area (Å²) in [5.41, 5.74) is 7.12. The summed E-state index contributed by atoms with van der Waals surface area (Å²) in [6, 6.07) is 8.46. The van der Waals surface area contributed by atoms with Gasteiger partial charge in [0.25, 0.3) is 5.96 Å². The van der Waals surface area contributed by atoms with Gasteiger partial charge in [0.05, 0.1) is 14.5 Å². The minimum Gasteiger partial charge on any atom is -0.494 e. The Morgan fingerprint density at radius 2 is 1.91 bits per heavy atom. The number of ether oxygens (including phenoxy) is 1. The van der Waals surface area contributed by atoms with E-state index in [1.165, 1.54) is 0 Å². The first-order valence-corrected chi connectivity index (χ1v) is 10.9. The van der Waals surface area contributed by atoms with Crippen LogP contribution >= 0.6 is 0 Å². The van der Waals surface area contributed by atoms with Gasteiger partial charge in [-0.2, -0.15) is 0 Å². The summed E-state index contributed by atoms with van der Waals surface area (Å²) in [5, 5.41) is 15.0. The van der Waals surface area contributed by atoms with Gasteiger partial charge in [-0.3, -0.25) is 9.59 Å². The molecule has 1 rings (SSSR count). The van der Waals surface area contributed by atoms with Gasteiger partial charge in [0.2, 0.25) is 11.8 Å². The van der Waals surface area contributed by atoms with Gasteiger partial charge >= 0.3 is 0 Å². The fourth-order valence-electron chi connectivity index (χ4n) is 2.95. The number of rotatable bonds is 15. The fraction of sp³-hybridized carbons (Fsp3) is 0.571. The highest BCUT2D eigenvalue weighted by molar-refractivity contribution is 6.13. The Bertz CT molecular complexity index is 778. The number of carbonyl (C=O) groups excluding carboxylic acids is 2. The molecule has 0 fully saturated rings. The molecule has 0 aromatic heterocycles. The predicted molar refractivity (Wildman–Crippen MR) is 126 cm³/mol. The summed E-state index contributed by atoms with van der Waals surface area (Å²) in [4.78, 5) is 39.2. The number of nitrogens with two attached hydrogens (primary N) is 1. The van der Waals surface area contributed by atoms with Crippen LogP contribution in [0.5, 0.6) is 5.75 Å². The number of hydrogen-bond acceptors (Lipinski definition) is 6. The second-order valence-electron chi connectivity index (χ2n) is 7.91. The van der Waals surface area contributed by atoms with Crippen molar-refractivity contribution in [1.82, 2.24) is 16.1 Å². The number of aliphatic imine (C=N–C) groups is 1. The summed E-state index contributed by atoms with van der Waals surface area (Å²) < 4.78 is 5.57. The van der Waals surface area contributed by atoms with Crippen molar-refractivity contribution >= 4 is 25.6 Å². The Hall–Kier alpha value is -3.31. The average molecular weight is 460 g/mol. The minimum atomic E-state index is -0.814. The van der Waals surface area contributed by atoms with E-state index < -0.39 is 22.9 Å². The number of nitrogens with one attached hydrogen (secondary N) is 3. The second-order valence-corrected chi connectivity index (χ2v) is 7.91. The fourth-order valence-corrected chi connectivity index (χ4v) is 2.95. The lowest BCUT2D eigenvalue weighted by Gasteiger charge is -2.22. The molecule has 12 heteroatoms. The van der Waals surface area contributed by atoms with E-state index in [-0.39, 0.29) is 31.3 Å². The molecule has 0 aliphatic rings. The van der Waals surface area contributed by atoms with Gasteiger partial charge in [-0.05, 0) is 49.7 Å². The topological polar surface area (TPSA) is 161 Å². The van der Waals surface area contributed by atoms with Crippen LogP contribution in [0.3, 0.4) is 0 Å². The lowest BCUT2D eigenvalue weighted by molar-refractivity contribution is -0.525. The Balaban J connectivity index is 2.55. The van der Waals surface area contributed by atoms with Crippen molar-refractivity contribution in [2.45, 2.75) is 57.9 Å². The molecular weight excluding hydrogens is 427 g/mol. The zero-order chi connectivity index (χ0) is 24.6. The third-order valence-corrected chi connectivity index (χ3v) is 4.40. The molecule has 0 unspecified atom stereocenters. The first kappa shape index (κ1) is 27.7. The number of amides is 2. The molecule has 0 aliphatic heterocycles. The van der Waals surface area contributed by atoms with Gasteiger partial charge in [0.15, 0.2) is 5.03 Å². The number of nitrogens with zero attached hydrogens (tertiary/aromatic N) is 2. The molecule has 11 nitrogen and oxygen atoms in total. The number of nitro groups is 1. The zero-order valence-electron chi connectivity index (χ0n) is 19.2. The van der Waals surface area contributed by atoms with Gasteiger partial charge < -0.3 is 21.1 Å². The Morgan fingerprint density at radius 3 is 2.55 bits per heavy atom. The third-order valence-electron chi connectivity index (χ3n) is 4.40. The van der Waals surface area contributed by atoms with E-state index in [4.69, 9.17) is 18.3 Å². The number of benzene rings is 1. The highest BCUT2D eigenvalue weighted by Gasteiger charge is 2.22. The summed E-state index contributed by atoms with van der Waals surface area (Å²) in [7, 11) is 5.97. The van der Waals surface area contributed by atoms with Crippen LogP contribution in [0.15, 0.2) is 35.3 Å². The molecule has 0 heterocycles. The van der Waals surface area contributed by atoms with Crippen LogP contribution in [-0.2, 0) is 9.59 Å². The SMILES string of the molecule is [B][C@H](CC(C)C)NC(=O)[C@H](CCCN=C(N)N[N+](=O)[O-])NC(=O)CCCOc1ccccc1. The maximum Gasteiger partial charge on any atom is 0.251 e. The molecule has 33 heavy (non-hydrogen) atoms. The number of hydrogen-bond donors (Lipinski definition) is 4. The number of carbonyl (C=O) groups is 2. The lowest BCUT2D eigenvalue weighted by Crippen LogP contribution is -2.50. The Morgan fingerprint density at radius 1 is 1.21 bits per heavy atom. The van der Waals surface area contributed by atoms with Crippen molar-refractivity contribution in [3.8, 4) is 5.75 Å². The third kappa shape index (κ3) is 13.7. The molecule has 2 atom stereocenters. The molecule has 5 N–H and O–H groups in total. The van der Waals surface area contributed by atoms with Crippen molar-refractivity contribution in [2.75, 3.05) is 13.2 Å². The zero-order valence-corrected chi connectivity index (χ0v) is 19.2. The van der Waals surface area contributed by atoms with Gasteiger partial charge in [0, 0.05) is 13.0 Å². The quantitative estimate of drug-likeness (QED) is 0.0754. The summed E-state index contributed by atoms with van der Waals surface area (Å²) in [6.45, 7) is 4.49. The standard InChI is InChI=1S/C21H33BN6O5/c1-15(2)14-18(22)26-20(30)17(10-6-12-24-21(23)27-28(31)32)25-19(29)11-7-13-33-16-8-4-3-5-9-16/h3-5,8-9,15,17-18H,6-7,10-14H2,1-2H3,(H,25,29)(H,26,30)(H3,23,24,27)/t17-,18-/m0/s1. The predicted octanol–water partition coefficient (Wildman–Crippen LogP) is 0.864. The van der Waals surface area contributed by atoms with Crippen molar-refractivity contribution in [3.63, 3.8) is 0 Å². The average Bonchev–Trinajstić information content (AvgIpc) is 2.73. The number of hydrazine groups is 1. The van der Waals surface area contributed by atoms with Gasteiger partial charge in [0.1, 0.15) is 11.8 Å². The van der Waals surface area contributed by atoms with Gasteiger partial charge in [-0.15, -0.1) is 0 Å². The van der Waals surface area contributed by atoms with E-state index in [1.54, 1.807) is 5.43 Å². The summed E-state index contributed by atoms with van der Waals surface area (Å²) in [5.74, 6) is -0.527. The maximum atomic E-state index is 12.7.